The molecule has 1 aliphatic heterocycles. The second kappa shape index (κ2) is 8.67. The molecule has 2 heterocycles. The fraction of sp³-hybridized carbons (Fsp3) is 0.524. The molecule has 2 aromatic rings. The first-order valence-electron chi connectivity index (χ1n) is 9.93. The summed E-state index contributed by atoms with van der Waals surface area (Å²) in [7, 11) is -3.29. The molecular weight excluding hydrogens is 390 g/mol. The smallest absolute Gasteiger partial charge is 0.227 e. The van der Waals surface area contributed by atoms with E-state index in [4.69, 9.17) is 4.52 Å². The van der Waals surface area contributed by atoms with Crippen molar-refractivity contribution in [3.05, 3.63) is 46.8 Å². The Balaban J connectivity index is 1.53. The first-order chi connectivity index (χ1) is 13.7. The number of piperazine rings is 1. The number of hydrogen-bond acceptors (Lipinski definition) is 6. The maximum absolute atomic E-state index is 12.7. The van der Waals surface area contributed by atoms with Crippen molar-refractivity contribution in [1.82, 2.24) is 15.0 Å². The predicted octanol–water partition coefficient (Wildman–Crippen LogP) is 2.36. The summed E-state index contributed by atoms with van der Waals surface area (Å²) in [6.07, 6.45) is 0.284. The fourth-order valence-corrected chi connectivity index (χ4v) is 4.52. The molecule has 1 aromatic heterocycles. The van der Waals surface area contributed by atoms with Crippen LogP contribution in [0.3, 0.4) is 0 Å². The van der Waals surface area contributed by atoms with Crippen LogP contribution in [0.1, 0.15) is 36.4 Å². The fourth-order valence-electron chi connectivity index (χ4n) is 3.46. The van der Waals surface area contributed by atoms with Crippen molar-refractivity contribution < 1.29 is 17.7 Å². The quantitative estimate of drug-likeness (QED) is 0.715. The number of aromatic nitrogens is 1. The lowest BCUT2D eigenvalue weighted by atomic mass is 10.1. The van der Waals surface area contributed by atoms with Crippen molar-refractivity contribution >= 4 is 15.7 Å². The number of hydrogen-bond donors (Lipinski definition) is 0. The summed E-state index contributed by atoms with van der Waals surface area (Å²) >= 11 is 0. The van der Waals surface area contributed by atoms with E-state index in [9.17, 15) is 13.2 Å². The number of rotatable bonds is 6. The summed E-state index contributed by atoms with van der Waals surface area (Å²) in [5, 5.41) is 3.54. The Hall–Kier alpha value is -2.19. The van der Waals surface area contributed by atoms with Gasteiger partial charge in [0.1, 0.15) is 5.76 Å². The molecule has 7 nitrogen and oxygen atoms in total. The van der Waals surface area contributed by atoms with Gasteiger partial charge in [-0.05, 0) is 45.4 Å². The van der Waals surface area contributed by atoms with E-state index < -0.39 is 15.1 Å². The maximum Gasteiger partial charge on any atom is 0.227 e. The number of sulfone groups is 1. The average Bonchev–Trinajstić information content (AvgIpc) is 3.01. The third-order valence-corrected chi connectivity index (χ3v) is 7.69. The second-order valence-corrected chi connectivity index (χ2v) is 10.4. The monoisotopic (exact) mass is 419 g/mol. The molecule has 0 radical (unpaired) electrons. The van der Waals surface area contributed by atoms with Crippen LogP contribution in [0.15, 0.2) is 33.7 Å². The number of carbonyl (C=O) groups is 1. The van der Waals surface area contributed by atoms with Crippen LogP contribution >= 0.6 is 0 Å². The molecule has 0 atom stereocenters. The predicted molar refractivity (Wildman–Crippen MR) is 110 cm³/mol. The Labute approximate surface area is 172 Å². The zero-order valence-electron chi connectivity index (χ0n) is 17.5. The standard InChI is InChI=1S/C21H29N3O4S/c1-15(2)29(26,27)19-7-5-18(6-8-19)13-21(25)24-11-9-23(10-12-24)14-20-16(3)22-28-17(20)4/h5-8,15H,9-14H2,1-4H3. The third kappa shape index (κ3) is 4.87. The SMILES string of the molecule is Cc1noc(C)c1CN1CCN(C(=O)Cc2ccc(S(=O)(=O)C(C)C)cc2)CC1. The lowest BCUT2D eigenvalue weighted by Crippen LogP contribution is -2.48. The minimum absolute atomic E-state index is 0.0708. The van der Waals surface area contributed by atoms with Gasteiger partial charge in [-0.2, -0.15) is 0 Å². The molecule has 8 heteroatoms. The zero-order valence-corrected chi connectivity index (χ0v) is 18.3. The van der Waals surface area contributed by atoms with Gasteiger partial charge in [0.25, 0.3) is 0 Å². The minimum Gasteiger partial charge on any atom is -0.361 e. The van der Waals surface area contributed by atoms with Gasteiger partial charge in [-0.1, -0.05) is 17.3 Å². The van der Waals surface area contributed by atoms with Crippen LogP contribution in [0.5, 0.6) is 0 Å². The molecule has 0 N–H and O–H groups in total. The molecule has 1 amide bonds. The van der Waals surface area contributed by atoms with Crippen LogP contribution in [-0.2, 0) is 27.6 Å². The highest BCUT2D eigenvalue weighted by molar-refractivity contribution is 7.92. The molecule has 1 aromatic carbocycles. The largest absolute Gasteiger partial charge is 0.361 e. The molecule has 1 fully saturated rings. The molecule has 3 rings (SSSR count). The Morgan fingerprint density at radius 3 is 2.24 bits per heavy atom. The molecule has 1 saturated heterocycles. The first kappa shape index (κ1) is 21.5. The van der Waals surface area contributed by atoms with E-state index in [1.54, 1.807) is 38.1 Å². The van der Waals surface area contributed by atoms with E-state index >= 15 is 0 Å². The Morgan fingerprint density at radius 2 is 1.72 bits per heavy atom. The lowest BCUT2D eigenvalue weighted by molar-refractivity contribution is -0.132. The van der Waals surface area contributed by atoms with Gasteiger partial charge in [0.2, 0.25) is 5.91 Å². The van der Waals surface area contributed by atoms with Crippen molar-refractivity contribution in [2.24, 2.45) is 0 Å². The Bertz CT molecular complexity index is 937. The number of amides is 1. The van der Waals surface area contributed by atoms with E-state index in [1.165, 1.54) is 0 Å². The zero-order chi connectivity index (χ0) is 21.2. The summed E-state index contributed by atoms with van der Waals surface area (Å²) in [4.78, 5) is 17.1. The number of carbonyl (C=O) groups excluding carboxylic acids is 1. The van der Waals surface area contributed by atoms with Crippen LogP contribution in [0, 0.1) is 13.8 Å². The summed E-state index contributed by atoms with van der Waals surface area (Å²) in [6.45, 7) is 11.0. The average molecular weight is 420 g/mol. The van der Waals surface area contributed by atoms with Gasteiger partial charge in [0.05, 0.1) is 22.3 Å². The van der Waals surface area contributed by atoms with Crippen molar-refractivity contribution in [3.63, 3.8) is 0 Å². The highest BCUT2D eigenvalue weighted by Crippen LogP contribution is 2.18. The van der Waals surface area contributed by atoms with Gasteiger partial charge < -0.3 is 9.42 Å². The topological polar surface area (TPSA) is 83.7 Å². The molecule has 0 unspecified atom stereocenters. The summed E-state index contributed by atoms with van der Waals surface area (Å²) in [5.41, 5.74) is 2.88. The summed E-state index contributed by atoms with van der Waals surface area (Å²) in [5.74, 6) is 0.922. The Kier molecular flexibility index (Phi) is 6.43. The van der Waals surface area contributed by atoms with Crippen molar-refractivity contribution in [2.45, 2.75) is 50.8 Å². The van der Waals surface area contributed by atoms with E-state index in [0.29, 0.717) is 18.0 Å². The van der Waals surface area contributed by atoms with E-state index in [-0.39, 0.29) is 12.3 Å². The highest BCUT2D eigenvalue weighted by atomic mass is 32.2. The summed E-state index contributed by atoms with van der Waals surface area (Å²) < 4.78 is 29.6. The van der Waals surface area contributed by atoms with E-state index in [2.05, 4.69) is 10.1 Å². The van der Waals surface area contributed by atoms with Gasteiger partial charge >= 0.3 is 0 Å². The van der Waals surface area contributed by atoms with Crippen LogP contribution < -0.4 is 0 Å². The van der Waals surface area contributed by atoms with Crippen LogP contribution in [-0.4, -0.2) is 60.7 Å². The minimum atomic E-state index is -3.29. The number of nitrogens with zero attached hydrogens (tertiary/aromatic N) is 3. The highest BCUT2D eigenvalue weighted by Gasteiger charge is 2.23. The molecule has 0 spiro atoms. The van der Waals surface area contributed by atoms with Crippen LogP contribution in [0.25, 0.3) is 0 Å². The normalized spacial score (nSPS) is 15.8. The molecular formula is C21H29N3O4S. The number of benzene rings is 1. The lowest BCUT2D eigenvalue weighted by Gasteiger charge is -2.34. The molecule has 0 bridgehead atoms. The van der Waals surface area contributed by atoms with Crippen molar-refractivity contribution in [3.8, 4) is 0 Å². The van der Waals surface area contributed by atoms with Crippen LogP contribution in [0.2, 0.25) is 0 Å². The van der Waals surface area contributed by atoms with Gasteiger partial charge in [-0.3, -0.25) is 9.69 Å². The van der Waals surface area contributed by atoms with Crippen molar-refractivity contribution in [1.29, 1.82) is 0 Å². The van der Waals surface area contributed by atoms with Gasteiger partial charge in [-0.15, -0.1) is 0 Å². The van der Waals surface area contributed by atoms with Gasteiger partial charge in [0, 0.05) is 38.3 Å². The first-order valence-corrected chi connectivity index (χ1v) is 11.5. The second-order valence-electron chi connectivity index (χ2n) is 7.87. The molecule has 29 heavy (non-hydrogen) atoms. The Morgan fingerprint density at radius 1 is 1.10 bits per heavy atom. The van der Waals surface area contributed by atoms with Crippen LogP contribution in [0.4, 0.5) is 0 Å². The molecule has 158 valence electrons. The molecule has 0 saturated carbocycles. The maximum atomic E-state index is 12.7. The molecule has 1 aliphatic rings. The van der Waals surface area contributed by atoms with Gasteiger partial charge in [0.15, 0.2) is 9.84 Å². The van der Waals surface area contributed by atoms with E-state index in [0.717, 1.165) is 42.2 Å². The van der Waals surface area contributed by atoms with Crippen molar-refractivity contribution in [2.75, 3.05) is 26.2 Å². The summed E-state index contributed by atoms with van der Waals surface area (Å²) in [6, 6.07) is 6.67. The van der Waals surface area contributed by atoms with E-state index in [1.807, 2.05) is 18.7 Å². The third-order valence-electron chi connectivity index (χ3n) is 5.52. The van der Waals surface area contributed by atoms with Gasteiger partial charge in [-0.25, -0.2) is 8.42 Å². The molecule has 0 aliphatic carbocycles. The number of aryl methyl sites for hydroxylation is 2.